The summed E-state index contributed by atoms with van der Waals surface area (Å²) < 4.78 is 0. The molecule has 0 aromatic carbocycles. The molecule has 0 aliphatic heterocycles. The van der Waals surface area contributed by atoms with Crippen LogP contribution in [0.2, 0.25) is 0 Å². The molecule has 0 aliphatic rings. The van der Waals surface area contributed by atoms with Gasteiger partial charge in [-0.15, -0.1) is 0 Å². The number of aliphatic hydroxyl groups excluding tert-OH is 1. The van der Waals surface area contributed by atoms with Crippen LogP contribution in [0.15, 0.2) is 0 Å². The van der Waals surface area contributed by atoms with E-state index >= 15 is 0 Å². The highest BCUT2D eigenvalue weighted by Crippen LogP contribution is 2.16. The first-order valence-corrected chi connectivity index (χ1v) is 6.95. The molecule has 3 nitrogen and oxygen atoms in total. The fourth-order valence-electron chi connectivity index (χ4n) is 2.09. The number of hydrogen-bond donors (Lipinski definition) is 2. The Kier molecular flexibility index (Phi) is 8.83. The summed E-state index contributed by atoms with van der Waals surface area (Å²) in [4.78, 5) is 2.36. The lowest BCUT2D eigenvalue weighted by molar-refractivity contribution is 0.141. The van der Waals surface area contributed by atoms with Gasteiger partial charge in [0, 0.05) is 19.6 Å². The number of aliphatic hydroxyl groups is 1. The van der Waals surface area contributed by atoms with Crippen LogP contribution in [0.1, 0.15) is 41.0 Å². The summed E-state index contributed by atoms with van der Waals surface area (Å²) in [6.45, 7) is 16.5. The van der Waals surface area contributed by atoms with E-state index in [2.05, 4.69) is 44.8 Å². The van der Waals surface area contributed by atoms with Crippen LogP contribution in [0.5, 0.6) is 0 Å². The summed E-state index contributed by atoms with van der Waals surface area (Å²) in [5.74, 6) is 0.704. The predicted octanol–water partition coefficient (Wildman–Crippen LogP) is 1.96. The third-order valence-corrected chi connectivity index (χ3v) is 2.76. The smallest absolute Gasteiger partial charge is 0.0558 e. The first-order valence-electron chi connectivity index (χ1n) is 6.95. The summed E-state index contributed by atoms with van der Waals surface area (Å²) in [5.41, 5.74) is 0.263. The van der Waals surface area contributed by atoms with Crippen LogP contribution < -0.4 is 5.32 Å². The van der Waals surface area contributed by atoms with Gasteiger partial charge < -0.3 is 15.3 Å². The van der Waals surface area contributed by atoms with Crippen molar-refractivity contribution in [2.45, 2.75) is 41.0 Å². The molecule has 3 heteroatoms. The van der Waals surface area contributed by atoms with E-state index in [1.807, 2.05) is 0 Å². The van der Waals surface area contributed by atoms with Crippen molar-refractivity contribution in [1.29, 1.82) is 0 Å². The highest BCUT2D eigenvalue weighted by molar-refractivity contribution is 4.76. The van der Waals surface area contributed by atoms with Gasteiger partial charge in [0.1, 0.15) is 0 Å². The van der Waals surface area contributed by atoms with E-state index in [4.69, 9.17) is 5.11 Å². The molecule has 0 aromatic rings. The first kappa shape index (κ1) is 16.9. The van der Waals surface area contributed by atoms with E-state index in [9.17, 15) is 0 Å². The van der Waals surface area contributed by atoms with Crippen LogP contribution in [-0.2, 0) is 0 Å². The summed E-state index contributed by atoms with van der Waals surface area (Å²) in [5, 5.41) is 12.6. The van der Waals surface area contributed by atoms with Crippen molar-refractivity contribution in [1.82, 2.24) is 10.2 Å². The fourth-order valence-corrected chi connectivity index (χ4v) is 2.09. The van der Waals surface area contributed by atoms with Crippen molar-refractivity contribution < 1.29 is 5.11 Å². The van der Waals surface area contributed by atoms with Gasteiger partial charge in [-0.2, -0.15) is 0 Å². The third kappa shape index (κ3) is 9.57. The van der Waals surface area contributed by atoms with E-state index in [0.717, 1.165) is 39.1 Å². The lowest BCUT2D eigenvalue weighted by Crippen LogP contribution is -2.42. The minimum Gasteiger partial charge on any atom is -0.395 e. The van der Waals surface area contributed by atoms with Gasteiger partial charge in [0.2, 0.25) is 0 Å². The van der Waals surface area contributed by atoms with Gasteiger partial charge in [-0.3, -0.25) is 0 Å². The van der Waals surface area contributed by atoms with Gasteiger partial charge >= 0.3 is 0 Å². The second-order valence-electron chi connectivity index (χ2n) is 6.19. The molecule has 0 spiro atoms. The molecule has 0 heterocycles. The van der Waals surface area contributed by atoms with E-state index < -0.39 is 0 Å². The molecule has 0 aromatic heterocycles. The Morgan fingerprint density at radius 3 is 2.35 bits per heavy atom. The Bertz CT molecular complexity index is 175. The molecule has 0 fully saturated rings. The van der Waals surface area contributed by atoms with Crippen molar-refractivity contribution >= 4 is 0 Å². The van der Waals surface area contributed by atoms with Crippen LogP contribution in [-0.4, -0.2) is 49.3 Å². The maximum atomic E-state index is 9.05. The number of rotatable bonds is 10. The quantitative estimate of drug-likeness (QED) is 0.617. The normalized spacial score (nSPS) is 12.7. The van der Waals surface area contributed by atoms with Crippen molar-refractivity contribution in [2.75, 3.05) is 39.3 Å². The van der Waals surface area contributed by atoms with E-state index in [1.165, 1.54) is 0 Å². The highest BCUT2D eigenvalue weighted by Gasteiger charge is 2.20. The molecule has 0 amide bonds. The van der Waals surface area contributed by atoms with Gasteiger partial charge in [-0.05, 0) is 30.8 Å². The van der Waals surface area contributed by atoms with Crippen molar-refractivity contribution in [2.24, 2.45) is 11.3 Å². The number of nitrogens with one attached hydrogen (secondary N) is 1. The largest absolute Gasteiger partial charge is 0.395 e. The van der Waals surface area contributed by atoms with E-state index in [-0.39, 0.29) is 12.0 Å². The SMILES string of the molecule is CCCN(CCO)CC(C)(C)CNCC(C)C. The predicted molar refractivity (Wildman–Crippen MR) is 75.3 cm³/mol. The topological polar surface area (TPSA) is 35.5 Å². The first-order chi connectivity index (χ1) is 7.91. The van der Waals surface area contributed by atoms with Gasteiger partial charge in [-0.1, -0.05) is 34.6 Å². The minimum absolute atomic E-state index is 0.259. The van der Waals surface area contributed by atoms with Crippen molar-refractivity contribution in [3.05, 3.63) is 0 Å². The maximum absolute atomic E-state index is 9.05. The Labute approximate surface area is 108 Å². The van der Waals surface area contributed by atoms with Crippen LogP contribution >= 0.6 is 0 Å². The van der Waals surface area contributed by atoms with E-state index in [0.29, 0.717) is 5.92 Å². The summed E-state index contributed by atoms with van der Waals surface area (Å²) >= 11 is 0. The Balaban J connectivity index is 4.00. The van der Waals surface area contributed by atoms with Crippen LogP contribution in [0.25, 0.3) is 0 Å². The van der Waals surface area contributed by atoms with Crippen molar-refractivity contribution in [3.63, 3.8) is 0 Å². The molecule has 104 valence electrons. The van der Waals surface area contributed by atoms with Crippen LogP contribution in [0.4, 0.5) is 0 Å². The average molecular weight is 244 g/mol. The molecule has 0 saturated heterocycles. The third-order valence-electron chi connectivity index (χ3n) is 2.76. The number of hydrogen-bond acceptors (Lipinski definition) is 3. The minimum atomic E-state index is 0.259. The lowest BCUT2D eigenvalue weighted by Gasteiger charge is -2.32. The molecule has 0 radical (unpaired) electrons. The molecule has 0 saturated carbocycles. The molecule has 0 atom stereocenters. The summed E-state index contributed by atoms with van der Waals surface area (Å²) in [6, 6.07) is 0. The monoisotopic (exact) mass is 244 g/mol. The molecular formula is C14H32N2O. The molecule has 2 N–H and O–H groups in total. The Morgan fingerprint density at radius 1 is 1.24 bits per heavy atom. The fraction of sp³-hybridized carbons (Fsp3) is 1.00. The Morgan fingerprint density at radius 2 is 1.88 bits per heavy atom. The lowest BCUT2D eigenvalue weighted by atomic mass is 9.92. The van der Waals surface area contributed by atoms with Crippen LogP contribution in [0, 0.1) is 11.3 Å². The molecule has 0 aliphatic carbocycles. The van der Waals surface area contributed by atoms with Gasteiger partial charge in [0.15, 0.2) is 0 Å². The number of nitrogens with zero attached hydrogens (tertiary/aromatic N) is 1. The van der Waals surface area contributed by atoms with Gasteiger partial charge in [-0.25, -0.2) is 0 Å². The average Bonchev–Trinajstić information content (AvgIpc) is 2.16. The molecule has 0 unspecified atom stereocenters. The second-order valence-corrected chi connectivity index (χ2v) is 6.19. The van der Waals surface area contributed by atoms with Gasteiger partial charge in [0.05, 0.1) is 6.61 Å². The standard InChI is InChI=1S/C14H32N2O/c1-6-7-16(8-9-17)12-14(4,5)11-15-10-13(2)3/h13,15,17H,6-12H2,1-5H3. The Hall–Kier alpha value is -0.120. The second kappa shape index (κ2) is 8.90. The molecule has 17 heavy (non-hydrogen) atoms. The van der Waals surface area contributed by atoms with Crippen LogP contribution in [0.3, 0.4) is 0 Å². The zero-order chi connectivity index (χ0) is 13.3. The van der Waals surface area contributed by atoms with Gasteiger partial charge in [0.25, 0.3) is 0 Å². The molecular weight excluding hydrogens is 212 g/mol. The summed E-state index contributed by atoms with van der Waals surface area (Å²) in [6.07, 6.45) is 1.15. The zero-order valence-corrected chi connectivity index (χ0v) is 12.4. The molecule has 0 rings (SSSR count). The maximum Gasteiger partial charge on any atom is 0.0558 e. The van der Waals surface area contributed by atoms with E-state index in [1.54, 1.807) is 0 Å². The molecule has 0 bridgehead atoms. The summed E-state index contributed by atoms with van der Waals surface area (Å²) in [7, 11) is 0. The van der Waals surface area contributed by atoms with Crippen molar-refractivity contribution in [3.8, 4) is 0 Å². The zero-order valence-electron chi connectivity index (χ0n) is 12.4. The highest BCUT2D eigenvalue weighted by atomic mass is 16.3.